The van der Waals surface area contributed by atoms with Gasteiger partial charge in [0.05, 0.1) is 0 Å². The van der Waals surface area contributed by atoms with Crippen molar-refractivity contribution in [1.82, 2.24) is 15.5 Å². The van der Waals surface area contributed by atoms with E-state index in [1.807, 2.05) is 51.1 Å². The second kappa shape index (κ2) is 18.3. The zero-order chi connectivity index (χ0) is 36.1. The Morgan fingerprint density at radius 1 is 0.833 bits per heavy atom. The van der Waals surface area contributed by atoms with Gasteiger partial charge in [0.25, 0.3) is 0 Å². The Balaban J connectivity index is 2.69. The minimum absolute atomic E-state index is 0.0269. The number of terminal acetylenes is 1. The lowest BCUT2D eigenvalue weighted by atomic mass is 9.95. The van der Waals surface area contributed by atoms with E-state index in [4.69, 9.17) is 15.9 Å². The summed E-state index contributed by atoms with van der Waals surface area (Å²) in [7, 11) is 0. The predicted octanol–water partition coefficient (Wildman–Crippen LogP) is 6.74. The third kappa shape index (κ3) is 13.4. The Morgan fingerprint density at radius 2 is 1.44 bits per heavy atom. The van der Waals surface area contributed by atoms with Gasteiger partial charge in [0.1, 0.15) is 29.3 Å². The van der Waals surface area contributed by atoms with Gasteiger partial charge in [-0.2, -0.15) is 0 Å². The van der Waals surface area contributed by atoms with Gasteiger partial charge in [-0.15, -0.1) is 6.42 Å². The minimum Gasteiger partial charge on any atom is -0.458 e. The second-order valence-corrected chi connectivity index (χ2v) is 14.5. The lowest BCUT2D eigenvalue weighted by Gasteiger charge is -2.36. The third-order valence-electron chi connectivity index (χ3n) is 7.24. The van der Waals surface area contributed by atoms with Crippen molar-refractivity contribution in [2.24, 2.45) is 5.92 Å². The number of carbonyl (C=O) groups is 4. The molecule has 9 nitrogen and oxygen atoms in total. The maximum atomic E-state index is 14.6. The summed E-state index contributed by atoms with van der Waals surface area (Å²) in [5.41, 5.74) is 0.114. The van der Waals surface area contributed by atoms with Gasteiger partial charge in [0.15, 0.2) is 0 Å². The van der Waals surface area contributed by atoms with Crippen molar-refractivity contribution in [2.75, 3.05) is 6.54 Å². The normalized spacial score (nSPS) is 13.4. The molecule has 0 heterocycles. The number of ether oxygens (including phenoxy) is 2. The van der Waals surface area contributed by atoms with Crippen LogP contribution in [0.1, 0.15) is 111 Å². The van der Waals surface area contributed by atoms with E-state index in [0.29, 0.717) is 24.0 Å². The average molecular weight is 662 g/mol. The Bertz CT molecular complexity index is 1400. The average Bonchev–Trinajstić information content (AvgIpc) is 2.98. The standard InChI is InChI=1S/C39H55N3O6/c1-11-13-19-24-42(35(44)31(25-27(3)4)41-37(46)48-39(8,9)10)33(30-23-18-17-22-29(30)12-2)34(43)40-32(36(45)47-38(5,6)7)26-28-20-15-14-16-21-28/h2,14-18,20-23,27,31-33H,11,13,19,24-26H2,1,3-10H3,(H,40,43)(H,41,46). The molecule has 0 fully saturated rings. The molecule has 0 radical (unpaired) electrons. The number of alkyl carbamates (subject to hydrolysis) is 1. The Morgan fingerprint density at radius 3 is 2.00 bits per heavy atom. The van der Waals surface area contributed by atoms with Gasteiger partial charge in [-0.05, 0) is 77.5 Å². The van der Waals surface area contributed by atoms with Crippen molar-refractivity contribution in [1.29, 1.82) is 0 Å². The zero-order valence-electron chi connectivity index (χ0n) is 30.2. The summed E-state index contributed by atoms with van der Waals surface area (Å²) in [6.45, 7) is 16.7. The summed E-state index contributed by atoms with van der Waals surface area (Å²) in [5.74, 6) is 1.05. The van der Waals surface area contributed by atoms with Crippen LogP contribution in [0.25, 0.3) is 0 Å². The largest absolute Gasteiger partial charge is 0.458 e. The topological polar surface area (TPSA) is 114 Å². The number of hydrogen-bond donors (Lipinski definition) is 2. The lowest BCUT2D eigenvalue weighted by molar-refractivity contribution is -0.159. The molecular weight excluding hydrogens is 606 g/mol. The van der Waals surface area contributed by atoms with E-state index in [-0.39, 0.29) is 18.9 Å². The van der Waals surface area contributed by atoms with E-state index >= 15 is 0 Å². The van der Waals surface area contributed by atoms with Crippen LogP contribution >= 0.6 is 0 Å². The zero-order valence-corrected chi connectivity index (χ0v) is 30.2. The van der Waals surface area contributed by atoms with Crippen molar-refractivity contribution in [3.8, 4) is 12.3 Å². The number of hydrogen-bond acceptors (Lipinski definition) is 6. The molecule has 2 N–H and O–H groups in total. The fraction of sp³-hybridized carbons (Fsp3) is 0.538. The SMILES string of the molecule is C#Cc1ccccc1C(C(=O)NC(Cc1ccccc1)C(=O)OC(C)(C)C)N(CCCCC)C(=O)C(CC(C)C)NC(=O)OC(C)(C)C. The third-order valence-corrected chi connectivity index (χ3v) is 7.24. The van der Waals surface area contributed by atoms with Crippen molar-refractivity contribution < 1.29 is 28.7 Å². The molecular formula is C39H55N3O6. The fourth-order valence-electron chi connectivity index (χ4n) is 5.23. The molecule has 3 atom stereocenters. The Labute approximate surface area is 287 Å². The maximum Gasteiger partial charge on any atom is 0.408 e. The van der Waals surface area contributed by atoms with Crippen LogP contribution in [-0.2, 0) is 30.3 Å². The summed E-state index contributed by atoms with van der Waals surface area (Å²) >= 11 is 0. The van der Waals surface area contributed by atoms with E-state index in [9.17, 15) is 19.2 Å². The summed E-state index contributed by atoms with van der Waals surface area (Å²) in [4.78, 5) is 57.2. The van der Waals surface area contributed by atoms with Crippen molar-refractivity contribution in [3.05, 3.63) is 71.3 Å². The van der Waals surface area contributed by atoms with Crippen molar-refractivity contribution in [3.63, 3.8) is 0 Å². The molecule has 0 saturated carbocycles. The molecule has 0 aliphatic heterocycles. The molecule has 0 aliphatic carbocycles. The van der Waals surface area contributed by atoms with Gasteiger partial charge in [-0.1, -0.05) is 88.1 Å². The molecule has 48 heavy (non-hydrogen) atoms. The molecule has 262 valence electrons. The molecule has 0 spiro atoms. The first-order valence-electron chi connectivity index (χ1n) is 16.9. The smallest absolute Gasteiger partial charge is 0.408 e. The van der Waals surface area contributed by atoms with Crippen LogP contribution < -0.4 is 10.6 Å². The number of esters is 1. The molecule has 3 amide bonds. The number of amides is 3. The highest BCUT2D eigenvalue weighted by Crippen LogP contribution is 2.28. The molecule has 2 aromatic rings. The molecule has 2 aromatic carbocycles. The monoisotopic (exact) mass is 661 g/mol. The van der Waals surface area contributed by atoms with Gasteiger partial charge in [-0.3, -0.25) is 9.59 Å². The molecule has 0 aromatic heterocycles. The lowest BCUT2D eigenvalue weighted by Crippen LogP contribution is -2.55. The first kappa shape index (κ1) is 39.9. The molecule has 0 saturated heterocycles. The van der Waals surface area contributed by atoms with Crippen LogP contribution in [0.2, 0.25) is 0 Å². The molecule has 3 unspecified atom stereocenters. The van der Waals surface area contributed by atoms with Gasteiger partial charge >= 0.3 is 12.1 Å². The maximum absolute atomic E-state index is 14.6. The quantitative estimate of drug-likeness (QED) is 0.124. The number of nitrogens with zero attached hydrogens (tertiary/aromatic N) is 1. The first-order valence-corrected chi connectivity index (χ1v) is 16.9. The van der Waals surface area contributed by atoms with Crippen LogP contribution in [-0.4, -0.2) is 58.6 Å². The number of unbranched alkanes of at least 4 members (excludes halogenated alkanes) is 2. The number of rotatable bonds is 15. The second-order valence-electron chi connectivity index (χ2n) is 14.5. The highest BCUT2D eigenvalue weighted by atomic mass is 16.6. The van der Waals surface area contributed by atoms with E-state index in [0.717, 1.165) is 18.4 Å². The fourth-order valence-corrected chi connectivity index (χ4v) is 5.23. The summed E-state index contributed by atoms with van der Waals surface area (Å²) in [6.07, 6.45) is 7.96. The summed E-state index contributed by atoms with van der Waals surface area (Å²) < 4.78 is 11.2. The van der Waals surface area contributed by atoms with Gasteiger partial charge in [-0.25, -0.2) is 9.59 Å². The van der Waals surface area contributed by atoms with Crippen LogP contribution in [0, 0.1) is 18.3 Å². The van der Waals surface area contributed by atoms with Crippen molar-refractivity contribution >= 4 is 23.9 Å². The predicted molar refractivity (Wildman–Crippen MR) is 189 cm³/mol. The highest BCUT2D eigenvalue weighted by molar-refractivity contribution is 5.94. The van der Waals surface area contributed by atoms with Crippen LogP contribution in [0.3, 0.4) is 0 Å². The van der Waals surface area contributed by atoms with Crippen LogP contribution in [0.5, 0.6) is 0 Å². The molecule has 0 aliphatic rings. The minimum atomic E-state index is -1.21. The van der Waals surface area contributed by atoms with Gasteiger partial charge in [0.2, 0.25) is 11.8 Å². The highest BCUT2D eigenvalue weighted by Gasteiger charge is 2.39. The van der Waals surface area contributed by atoms with E-state index in [1.54, 1.807) is 65.8 Å². The molecule has 0 bridgehead atoms. The number of nitrogens with one attached hydrogen (secondary N) is 2. The van der Waals surface area contributed by atoms with Crippen LogP contribution in [0.4, 0.5) is 4.79 Å². The van der Waals surface area contributed by atoms with E-state index in [1.165, 1.54) is 4.90 Å². The number of carbonyl (C=O) groups excluding carboxylic acids is 4. The van der Waals surface area contributed by atoms with E-state index in [2.05, 4.69) is 16.6 Å². The van der Waals surface area contributed by atoms with Gasteiger partial charge < -0.3 is 25.0 Å². The van der Waals surface area contributed by atoms with Crippen LogP contribution in [0.15, 0.2) is 54.6 Å². The van der Waals surface area contributed by atoms with Crippen molar-refractivity contribution in [2.45, 2.75) is 124 Å². The van der Waals surface area contributed by atoms with E-state index < -0.39 is 53.2 Å². The summed E-state index contributed by atoms with van der Waals surface area (Å²) in [5, 5.41) is 5.70. The molecule has 2 rings (SSSR count). The molecule has 9 heteroatoms. The number of benzene rings is 2. The first-order chi connectivity index (χ1) is 22.5. The summed E-state index contributed by atoms with van der Waals surface area (Å²) in [6, 6.07) is 13.0. The Kier molecular flexibility index (Phi) is 15.2. The Hall–Kier alpha value is -4.32. The van der Waals surface area contributed by atoms with Gasteiger partial charge in [0, 0.05) is 18.5 Å².